The SMILES string of the molecule is CCO[Si](C)C(C)CC. The molecule has 1 unspecified atom stereocenters. The summed E-state index contributed by atoms with van der Waals surface area (Å²) in [6.07, 6.45) is 1.25. The fraction of sp³-hybridized carbons (Fsp3) is 1.00. The van der Waals surface area contributed by atoms with E-state index in [1.54, 1.807) is 0 Å². The molecule has 0 spiro atoms. The van der Waals surface area contributed by atoms with Crippen molar-refractivity contribution in [1.82, 2.24) is 0 Å². The van der Waals surface area contributed by atoms with Gasteiger partial charge in [0.05, 0.1) is 0 Å². The highest BCUT2D eigenvalue weighted by Gasteiger charge is 2.12. The van der Waals surface area contributed by atoms with E-state index in [1.165, 1.54) is 6.42 Å². The lowest BCUT2D eigenvalue weighted by atomic mass is 10.4. The maximum atomic E-state index is 5.50. The second-order valence-corrected chi connectivity index (χ2v) is 4.85. The van der Waals surface area contributed by atoms with Crippen LogP contribution in [0.25, 0.3) is 0 Å². The molecule has 0 aromatic rings. The van der Waals surface area contributed by atoms with Crippen molar-refractivity contribution in [3.63, 3.8) is 0 Å². The third kappa shape index (κ3) is 3.70. The van der Waals surface area contributed by atoms with Crippen LogP contribution in [0.5, 0.6) is 0 Å². The van der Waals surface area contributed by atoms with Gasteiger partial charge in [-0.25, -0.2) is 0 Å². The lowest BCUT2D eigenvalue weighted by Gasteiger charge is -2.14. The van der Waals surface area contributed by atoms with Crippen LogP contribution in [0.2, 0.25) is 12.1 Å². The molecule has 0 aromatic carbocycles. The zero-order valence-corrected chi connectivity index (χ0v) is 7.90. The fourth-order valence-corrected chi connectivity index (χ4v) is 1.97. The Morgan fingerprint density at radius 3 is 2.33 bits per heavy atom. The smallest absolute Gasteiger partial charge is 0.211 e. The molecule has 9 heavy (non-hydrogen) atoms. The number of hydrogen-bond donors (Lipinski definition) is 0. The van der Waals surface area contributed by atoms with E-state index in [0.29, 0.717) is 0 Å². The summed E-state index contributed by atoms with van der Waals surface area (Å²) in [6, 6.07) is 0. The maximum Gasteiger partial charge on any atom is 0.211 e. The Hall–Kier alpha value is 0.177. The minimum atomic E-state index is -0.469. The average Bonchev–Trinajstić information content (AvgIpc) is 1.87. The van der Waals surface area contributed by atoms with Crippen LogP contribution in [-0.2, 0) is 4.43 Å². The summed E-state index contributed by atoms with van der Waals surface area (Å²) < 4.78 is 5.50. The Morgan fingerprint density at radius 2 is 2.00 bits per heavy atom. The Morgan fingerprint density at radius 1 is 1.44 bits per heavy atom. The summed E-state index contributed by atoms with van der Waals surface area (Å²) in [6.45, 7) is 9.68. The summed E-state index contributed by atoms with van der Waals surface area (Å²) >= 11 is 0. The van der Waals surface area contributed by atoms with Crippen LogP contribution in [0.3, 0.4) is 0 Å². The molecule has 0 N–H and O–H groups in total. The second kappa shape index (κ2) is 5.00. The highest BCUT2D eigenvalue weighted by molar-refractivity contribution is 6.51. The minimum Gasteiger partial charge on any atom is -0.417 e. The topological polar surface area (TPSA) is 9.23 Å². The normalized spacial score (nSPS) is 14.3. The van der Waals surface area contributed by atoms with Gasteiger partial charge in [0.1, 0.15) is 0 Å². The molecule has 55 valence electrons. The Bertz CT molecular complexity index is 65.9. The van der Waals surface area contributed by atoms with Gasteiger partial charge >= 0.3 is 0 Å². The van der Waals surface area contributed by atoms with Crippen molar-refractivity contribution in [2.24, 2.45) is 0 Å². The molecule has 0 amide bonds. The summed E-state index contributed by atoms with van der Waals surface area (Å²) in [5.74, 6) is 0. The van der Waals surface area contributed by atoms with Crippen LogP contribution in [0.4, 0.5) is 0 Å². The third-order valence-corrected chi connectivity index (χ3v) is 4.22. The predicted molar refractivity (Wildman–Crippen MR) is 43.0 cm³/mol. The van der Waals surface area contributed by atoms with Crippen LogP contribution >= 0.6 is 0 Å². The molecule has 0 heterocycles. The zero-order valence-electron chi connectivity index (χ0n) is 6.90. The molecule has 0 aliphatic heterocycles. The van der Waals surface area contributed by atoms with Gasteiger partial charge in [-0.05, 0) is 19.0 Å². The Balaban J connectivity index is 3.32. The van der Waals surface area contributed by atoms with E-state index < -0.39 is 9.04 Å². The summed E-state index contributed by atoms with van der Waals surface area (Å²) in [4.78, 5) is 0. The van der Waals surface area contributed by atoms with Gasteiger partial charge in [-0.15, -0.1) is 0 Å². The molecular formula is C7H17OSi. The molecule has 1 atom stereocenters. The molecule has 1 radical (unpaired) electrons. The van der Waals surface area contributed by atoms with E-state index in [4.69, 9.17) is 4.43 Å². The molecule has 0 aliphatic rings. The molecule has 2 heteroatoms. The van der Waals surface area contributed by atoms with Gasteiger partial charge in [0.2, 0.25) is 9.04 Å². The first-order chi connectivity index (χ1) is 4.22. The first-order valence-corrected chi connectivity index (χ1v) is 5.67. The van der Waals surface area contributed by atoms with Crippen LogP contribution in [-0.4, -0.2) is 15.6 Å². The molecule has 0 aromatic heterocycles. The predicted octanol–water partition coefficient (Wildman–Crippen LogP) is 2.44. The monoisotopic (exact) mass is 145 g/mol. The highest BCUT2D eigenvalue weighted by atomic mass is 28.3. The Kier molecular flexibility index (Phi) is 5.10. The lowest BCUT2D eigenvalue weighted by Crippen LogP contribution is -2.18. The van der Waals surface area contributed by atoms with Gasteiger partial charge in [0, 0.05) is 6.61 Å². The van der Waals surface area contributed by atoms with E-state index in [0.717, 1.165) is 12.1 Å². The van der Waals surface area contributed by atoms with Crippen LogP contribution in [0.1, 0.15) is 27.2 Å². The maximum absolute atomic E-state index is 5.50. The van der Waals surface area contributed by atoms with E-state index >= 15 is 0 Å². The van der Waals surface area contributed by atoms with Gasteiger partial charge in [-0.3, -0.25) is 0 Å². The van der Waals surface area contributed by atoms with Crippen LogP contribution in [0.15, 0.2) is 0 Å². The standard InChI is InChI=1S/C7H17OSi/c1-5-7(3)9(4)8-6-2/h7H,5-6H2,1-4H3. The van der Waals surface area contributed by atoms with Gasteiger partial charge in [0.25, 0.3) is 0 Å². The van der Waals surface area contributed by atoms with Crippen molar-refractivity contribution in [3.05, 3.63) is 0 Å². The van der Waals surface area contributed by atoms with E-state index in [2.05, 4.69) is 27.3 Å². The molecular weight excluding hydrogens is 128 g/mol. The molecule has 0 saturated heterocycles. The molecule has 0 bridgehead atoms. The first kappa shape index (κ1) is 9.18. The lowest BCUT2D eigenvalue weighted by molar-refractivity contribution is 0.337. The highest BCUT2D eigenvalue weighted by Crippen LogP contribution is 2.13. The van der Waals surface area contributed by atoms with Crippen molar-refractivity contribution >= 4 is 9.04 Å². The quantitative estimate of drug-likeness (QED) is 0.552. The number of hydrogen-bond acceptors (Lipinski definition) is 1. The van der Waals surface area contributed by atoms with Crippen molar-refractivity contribution in [2.75, 3.05) is 6.61 Å². The fourth-order valence-electron chi connectivity index (χ4n) is 0.657. The summed E-state index contributed by atoms with van der Waals surface area (Å²) in [5, 5.41) is 0. The molecule has 0 aliphatic carbocycles. The minimum absolute atomic E-state index is 0.469. The zero-order chi connectivity index (χ0) is 7.28. The summed E-state index contributed by atoms with van der Waals surface area (Å²) in [5.41, 5.74) is 0.801. The molecule has 0 rings (SSSR count). The van der Waals surface area contributed by atoms with E-state index in [-0.39, 0.29) is 0 Å². The van der Waals surface area contributed by atoms with Gasteiger partial charge < -0.3 is 4.43 Å². The van der Waals surface area contributed by atoms with E-state index in [9.17, 15) is 0 Å². The van der Waals surface area contributed by atoms with Gasteiger partial charge in [0.15, 0.2) is 0 Å². The Labute approximate surface area is 60.1 Å². The average molecular weight is 145 g/mol. The third-order valence-electron chi connectivity index (χ3n) is 1.68. The van der Waals surface area contributed by atoms with Crippen molar-refractivity contribution < 1.29 is 4.43 Å². The molecule has 0 fully saturated rings. The van der Waals surface area contributed by atoms with Gasteiger partial charge in [-0.1, -0.05) is 20.3 Å². The number of rotatable bonds is 4. The van der Waals surface area contributed by atoms with Crippen LogP contribution in [0, 0.1) is 0 Å². The van der Waals surface area contributed by atoms with Crippen LogP contribution < -0.4 is 0 Å². The van der Waals surface area contributed by atoms with Gasteiger partial charge in [-0.2, -0.15) is 0 Å². The largest absolute Gasteiger partial charge is 0.417 e. The summed E-state index contributed by atoms with van der Waals surface area (Å²) in [7, 11) is -0.469. The molecule has 1 nitrogen and oxygen atoms in total. The van der Waals surface area contributed by atoms with E-state index in [1.807, 2.05) is 0 Å². The first-order valence-electron chi connectivity index (χ1n) is 3.68. The van der Waals surface area contributed by atoms with Crippen molar-refractivity contribution in [2.45, 2.75) is 39.3 Å². The van der Waals surface area contributed by atoms with Crippen molar-refractivity contribution in [1.29, 1.82) is 0 Å². The van der Waals surface area contributed by atoms with Crippen molar-refractivity contribution in [3.8, 4) is 0 Å². The second-order valence-electron chi connectivity index (χ2n) is 2.35. The molecule has 0 saturated carbocycles.